The molecule has 1 aromatic heterocycles. The molecule has 1 fully saturated rings. The van der Waals surface area contributed by atoms with Crippen LogP contribution in [0, 0.1) is 6.92 Å². The fourth-order valence-corrected chi connectivity index (χ4v) is 4.06. The van der Waals surface area contributed by atoms with Crippen LogP contribution in [0.3, 0.4) is 0 Å². The van der Waals surface area contributed by atoms with E-state index in [1.807, 2.05) is 27.0 Å². The first-order chi connectivity index (χ1) is 12.0. The van der Waals surface area contributed by atoms with E-state index >= 15 is 0 Å². The maximum atomic E-state index is 12.6. The second-order valence-electron chi connectivity index (χ2n) is 7.32. The number of halogens is 2. The van der Waals surface area contributed by atoms with Crippen molar-refractivity contribution < 1.29 is 14.3 Å². The molecule has 1 saturated heterocycles. The number of carbonyl (C=O) groups excluding carboxylic acids is 2. The minimum Gasteiger partial charge on any atom is -0.444 e. The molecular weight excluding hydrogens is 397 g/mol. The van der Waals surface area contributed by atoms with Gasteiger partial charge in [0.2, 0.25) is 0 Å². The van der Waals surface area contributed by atoms with E-state index in [2.05, 4.69) is 10.3 Å². The van der Waals surface area contributed by atoms with Gasteiger partial charge >= 0.3 is 6.09 Å². The fourth-order valence-electron chi connectivity index (χ4n) is 2.78. The van der Waals surface area contributed by atoms with Crippen LogP contribution in [0.15, 0.2) is 0 Å². The van der Waals surface area contributed by atoms with E-state index in [1.165, 1.54) is 0 Å². The van der Waals surface area contributed by atoms with Crippen LogP contribution in [0.4, 0.5) is 4.79 Å². The number of nitrogens with zero attached hydrogens (tertiary/aromatic N) is 1. The molecule has 0 bridgehead atoms. The number of hydrogen-bond acceptors (Lipinski definition) is 4. The Labute approximate surface area is 168 Å². The monoisotopic (exact) mass is 421 g/mol. The summed E-state index contributed by atoms with van der Waals surface area (Å²) < 4.78 is 5.44. The van der Waals surface area contributed by atoms with Gasteiger partial charge in [0.05, 0.1) is 10.0 Å². The summed E-state index contributed by atoms with van der Waals surface area (Å²) in [6.07, 6.45) is 2.28. The van der Waals surface area contributed by atoms with Crippen LogP contribution in [0.1, 0.15) is 43.4 Å². The Hall–Kier alpha value is -1.05. The van der Waals surface area contributed by atoms with Gasteiger partial charge in [0, 0.05) is 30.1 Å². The summed E-state index contributed by atoms with van der Waals surface area (Å²) in [5.74, 6) is -0.292. The van der Waals surface area contributed by atoms with Gasteiger partial charge in [0.25, 0.3) is 5.91 Å². The molecule has 2 amide bonds. The Morgan fingerprint density at radius 1 is 1.31 bits per heavy atom. The van der Waals surface area contributed by atoms with E-state index in [0.717, 1.165) is 0 Å². The third-order valence-electron chi connectivity index (χ3n) is 4.11. The average Bonchev–Trinajstić information content (AvgIpc) is 2.81. The molecule has 2 rings (SSSR count). The zero-order valence-corrected chi connectivity index (χ0v) is 17.9. The molecule has 1 unspecified atom stereocenters. The van der Waals surface area contributed by atoms with Crippen LogP contribution in [0.25, 0.3) is 0 Å². The van der Waals surface area contributed by atoms with Crippen molar-refractivity contribution in [2.45, 2.75) is 51.0 Å². The Morgan fingerprint density at radius 2 is 1.96 bits per heavy atom. The molecule has 1 aliphatic rings. The van der Waals surface area contributed by atoms with Crippen molar-refractivity contribution in [2.24, 2.45) is 0 Å². The molecule has 26 heavy (non-hydrogen) atoms. The van der Waals surface area contributed by atoms with Crippen molar-refractivity contribution in [3.8, 4) is 0 Å². The second kappa shape index (κ2) is 8.31. The highest BCUT2D eigenvalue weighted by atomic mass is 35.5. The van der Waals surface area contributed by atoms with Crippen molar-refractivity contribution >= 4 is 47.0 Å². The smallest absolute Gasteiger partial charge is 0.410 e. The topological polar surface area (TPSA) is 74.4 Å². The van der Waals surface area contributed by atoms with Crippen LogP contribution < -0.4 is 5.32 Å². The van der Waals surface area contributed by atoms with E-state index in [0.29, 0.717) is 30.2 Å². The van der Waals surface area contributed by atoms with Crippen molar-refractivity contribution in [3.63, 3.8) is 0 Å². The number of ether oxygens (including phenoxy) is 1. The molecule has 2 N–H and O–H groups in total. The first-order valence-electron chi connectivity index (χ1n) is 8.38. The van der Waals surface area contributed by atoms with Gasteiger partial charge in [-0.15, -0.1) is 0 Å². The predicted octanol–water partition coefficient (Wildman–Crippen LogP) is 4.10. The summed E-state index contributed by atoms with van der Waals surface area (Å²) in [5.41, 5.74) is 0.393. The first-order valence-corrected chi connectivity index (χ1v) is 10.4. The molecule has 0 aromatic carbocycles. The van der Waals surface area contributed by atoms with Gasteiger partial charge < -0.3 is 19.9 Å². The molecule has 0 spiro atoms. The number of thioether (sulfide) groups is 1. The predicted molar refractivity (Wildman–Crippen MR) is 107 cm³/mol. The van der Waals surface area contributed by atoms with Crippen molar-refractivity contribution in [1.29, 1.82) is 0 Å². The summed E-state index contributed by atoms with van der Waals surface area (Å²) in [6, 6.07) is -0.0744. The number of likely N-dealkylation sites (tertiary alicyclic amines) is 1. The number of piperidine rings is 1. The highest BCUT2D eigenvalue weighted by molar-refractivity contribution is 7.99. The molecule has 2 heterocycles. The Morgan fingerprint density at radius 3 is 2.46 bits per heavy atom. The van der Waals surface area contributed by atoms with Gasteiger partial charge in [0.15, 0.2) is 0 Å². The number of H-pyrrole nitrogens is 1. The van der Waals surface area contributed by atoms with Gasteiger partial charge in [-0.05, 0) is 40.4 Å². The maximum Gasteiger partial charge on any atom is 0.410 e. The lowest BCUT2D eigenvalue weighted by molar-refractivity contribution is 0.0205. The van der Waals surface area contributed by atoms with Crippen LogP contribution in [0.2, 0.25) is 10.0 Å². The largest absolute Gasteiger partial charge is 0.444 e. The number of rotatable bonds is 3. The number of carbonyl (C=O) groups is 2. The van der Waals surface area contributed by atoms with E-state index in [1.54, 1.807) is 23.6 Å². The lowest BCUT2D eigenvalue weighted by atomic mass is 10.0. The van der Waals surface area contributed by atoms with Crippen LogP contribution in [0.5, 0.6) is 0 Å². The molecule has 146 valence electrons. The number of hydrogen-bond donors (Lipinski definition) is 2. The third kappa shape index (κ3) is 5.02. The number of aryl methyl sites for hydroxylation is 1. The number of aromatic nitrogens is 1. The Bertz CT molecular complexity index is 688. The maximum absolute atomic E-state index is 12.6. The van der Waals surface area contributed by atoms with E-state index < -0.39 is 5.60 Å². The van der Waals surface area contributed by atoms with Gasteiger partial charge in [0.1, 0.15) is 11.3 Å². The normalized spacial score (nSPS) is 20.8. The summed E-state index contributed by atoms with van der Waals surface area (Å²) >= 11 is 13.8. The minimum atomic E-state index is -0.529. The van der Waals surface area contributed by atoms with Crippen LogP contribution >= 0.6 is 35.0 Å². The summed E-state index contributed by atoms with van der Waals surface area (Å²) in [4.78, 5) is 29.5. The van der Waals surface area contributed by atoms with E-state index in [-0.39, 0.29) is 34.0 Å². The Kier molecular flexibility index (Phi) is 6.80. The summed E-state index contributed by atoms with van der Waals surface area (Å²) in [5, 5.41) is 3.66. The zero-order chi connectivity index (χ0) is 19.6. The molecule has 1 aliphatic heterocycles. The lowest BCUT2D eigenvalue weighted by Gasteiger charge is -2.38. The minimum absolute atomic E-state index is 0.0607. The van der Waals surface area contributed by atoms with Crippen LogP contribution in [-0.2, 0) is 4.74 Å². The highest BCUT2D eigenvalue weighted by Gasteiger charge is 2.34. The molecule has 9 heteroatoms. The molecule has 0 aliphatic carbocycles. The molecule has 1 aromatic rings. The fraction of sp³-hybridized carbons (Fsp3) is 0.647. The van der Waals surface area contributed by atoms with Gasteiger partial charge in [-0.1, -0.05) is 23.2 Å². The quantitative estimate of drug-likeness (QED) is 0.769. The standard InChI is InChI=1S/C17H25Cl2N3O3S/c1-9-12(18)13(19)14(20-9)15(23)21-10-6-7-22(8-11(10)26-5)16(24)25-17(2,3)4/h10-11,20H,6-8H2,1-5H3,(H,21,23)/t10?,11-/m0/s1. The second-order valence-corrected chi connectivity index (χ2v) is 9.15. The Balaban J connectivity index is 2.02. The molecule has 0 saturated carbocycles. The van der Waals surface area contributed by atoms with Gasteiger partial charge in [-0.2, -0.15) is 11.8 Å². The number of aromatic amines is 1. The van der Waals surface area contributed by atoms with Crippen molar-refractivity contribution in [2.75, 3.05) is 19.3 Å². The molecule has 2 atom stereocenters. The number of amides is 2. The third-order valence-corrected chi connectivity index (χ3v) is 6.14. The molecule has 0 radical (unpaired) electrons. The first kappa shape index (κ1) is 21.3. The van der Waals surface area contributed by atoms with E-state index in [9.17, 15) is 9.59 Å². The summed E-state index contributed by atoms with van der Waals surface area (Å²) in [6.45, 7) is 8.33. The zero-order valence-electron chi connectivity index (χ0n) is 15.6. The average molecular weight is 422 g/mol. The highest BCUT2D eigenvalue weighted by Crippen LogP contribution is 2.30. The van der Waals surface area contributed by atoms with Crippen LogP contribution in [-0.4, -0.2) is 58.1 Å². The van der Waals surface area contributed by atoms with Gasteiger partial charge in [-0.25, -0.2) is 4.79 Å². The number of nitrogens with one attached hydrogen (secondary N) is 2. The van der Waals surface area contributed by atoms with Crippen molar-refractivity contribution in [3.05, 3.63) is 21.4 Å². The summed E-state index contributed by atoms with van der Waals surface area (Å²) in [7, 11) is 0. The van der Waals surface area contributed by atoms with Crippen molar-refractivity contribution in [1.82, 2.24) is 15.2 Å². The van der Waals surface area contributed by atoms with E-state index in [4.69, 9.17) is 27.9 Å². The molecular formula is C17H25Cl2N3O3S. The SMILES string of the molecule is CS[C@H]1CN(C(=O)OC(C)(C)C)CCC1NC(=O)c1[nH]c(C)c(Cl)c1Cl. The lowest BCUT2D eigenvalue weighted by Crippen LogP contribution is -2.54. The molecule has 6 nitrogen and oxygen atoms in total. The van der Waals surface area contributed by atoms with Gasteiger partial charge in [-0.3, -0.25) is 4.79 Å².